The lowest BCUT2D eigenvalue weighted by molar-refractivity contribution is -0.139. The van der Waals surface area contributed by atoms with Crippen molar-refractivity contribution in [2.24, 2.45) is 5.73 Å². The van der Waals surface area contributed by atoms with E-state index in [0.717, 1.165) is 19.1 Å². The summed E-state index contributed by atoms with van der Waals surface area (Å²) in [5.74, 6) is -4.45. The highest BCUT2D eigenvalue weighted by Crippen LogP contribution is 2.48. The first-order valence-corrected chi connectivity index (χ1v) is 12.7. The summed E-state index contributed by atoms with van der Waals surface area (Å²) in [6.45, 7) is 3.11. The number of anilines is 1. The zero-order valence-electron chi connectivity index (χ0n) is 23.4. The van der Waals surface area contributed by atoms with Crippen LogP contribution in [0.25, 0.3) is 0 Å². The molecule has 2 aromatic rings. The molecule has 3 rings (SSSR count). The highest BCUT2D eigenvalue weighted by Gasteiger charge is 2.45. The number of ether oxygens (including phenoxy) is 4. The number of halogens is 1. The second-order valence-corrected chi connectivity index (χ2v) is 8.95. The lowest BCUT2D eigenvalue weighted by Gasteiger charge is -2.37. The van der Waals surface area contributed by atoms with Crippen LogP contribution in [0.5, 0.6) is 5.75 Å². The van der Waals surface area contributed by atoms with Gasteiger partial charge < -0.3 is 24.7 Å². The molecular weight excluding hydrogens is 570 g/mol. The molecule has 0 spiro atoms. The van der Waals surface area contributed by atoms with Gasteiger partial charge in [-0.1, -0.05) is 41.9 Å². The summed E-state index contributed by atoms with van der Waals surface area (Å²) in [5.41, 5.74) is 10.3. The van der Waals surface area contributed by atoms with Gasteiger partial charge in [0.25, 0.3) is 5.91 Å². The van der Waals surface area contributed by atoms with Crippen molar-refractivity contribution in [3.8, 4) is 11.8 Å². The van der Waals surface area contributed by atoms with E-state index >= 15 is 0 Å². The number of allylic oxidation sites excluding steroid dienone is 1. The third kappa shape index (κ3) is 5.79. The van der Waals surface area contributed by atoms with Crippen LogP contribution in [0.2, 0.25) is 5.02 Å². The van der Waals surface area contributed by atoms with Crippen LogP contribution in [0.15, 0.2) is 59.1 Å². The van der Waals surface area contributed by atoms with Crippen molar-refractivity contribution < 1.29 is 38.1 Å². The monoisotopic (exact) mass is 597 g/mol. The molecular formula is C28H28ClN5O8. The molecule has 0 bridgehead atoms. The predicted molar refractivity (Wildman–Crippen MR) is 150 cm³/mol. The van der Waals surface area contributed by atoms with Crippen molar-refractivity contribution in [3.05, 3.63) is 80.8 Å². The molecule has 42 heavy (non-hydrogen) atoms. The van der Waals surface area contributed by atoms with Gasteiger partial charge in [0.05, 0.1) is 56.6 Å². The van der Waals surface area contributed by atoms with Gasteiger partial charge in [0.15, 0.2) is 0 Å². The van der Waals surface area contributed by atoms with Crippen molar-refractivity contribution in [1.82, 2.24) is 10.9 Å². The third-order valence-electron chi connectivity index (χ3n) is 6.30. The Morgan fingerprint density at radius 2 is 1.71 bits per heavy atom. The zero-order valence-corrected chi connectivity index (χ0v) is 24.1. The number of hydrogen-bond acceptors (Lipinski definition) is 11. The van der Waals surface area contributed by atoms with E-state index in [9.17, 15) is 24.4 Å². The number of rotatable bonds is 7. The maximum atomic E-state index is 13.6. The first-order valence-electron chi connectivity index (χ1n) is 12.3. The van der Waals surface area contributed by atoms with Crippen molar-refractivity contribution >= 4 is 41.2 Å². The van der Waals surface area contributed by atoms with Crippen LogP contribution >= 0.6 is 11.6 Å². The molecule has 1 aliphatic rings. The summed E-state index contributed by atoms with van der Waals surface area (Å²) in [6, 6.07) is 11.8. The van der Waals surface area contributed by atoms with Gasteiger partial charge in [0.1, 0.15) is 23.0 Å². The molecule has 4 N–H and O–H groups in total. The summed E-state index contributed by atoms with van der Waals surface area (Å²) in [6.07, 6.45) is -0.947. The second kappa shape index (κ2) is 13.4. The molecule has 13 nitrogen and oxygen atoms in total. The number of nitrogens with two attached hydrogens (primary N) is 1. The molecule has 0 radical (unpaired) electrons. The van der Waals surface area contributed by atoms with Gasteiger partial charge in [-0.25, -0.2) is 19.8 Å². The number of nitrogens with zero attached hydrogens (tertiary/aromatic N) is 2. The van der Waals surface area contributed by atoms with E-state index in [-0.39, 0.29) is 51.2 Å². The fourth-order valence-corrected chi connectivity index (χ4v) is 4.64. The number of benzene rings is 2. The number of nitriles is 1. The van der Waals surface area contributed by atoms with Crippen LogP contribution in [0.4, 0.5) is 10.5 Å². The molecule has 0 fully saturated rings. The molecule has 14 heteroatoms. The van der Waals surface area contributed by atoms with Gasteiger partial charge in [-0.3, -0.25) is 15.1 Å². The van der Waals surface area contributed by atoms with Gasteiger partial charge in [0.2, 0.25) is 0 Å². The number of carbonyl (C=O) groups is 4. The average Bonchev–Trinajstić information content (AvgIpc) is 3.00. The third-order valence-corrected chi connectivity index (χ3v) is 6.69. The maximum absolute atomic E-state index is 13.6. The minimum absolute atomic E-state index is 0.0369. The molecule has 0 saturated heterocycles. The van der Waals surface area contributed by atoms with Crippen LogP contribution in [-0.2, 0) is 23.8 Å². The maximum Gasteiger partial charge on any atom is 0.426 e. The molecule has 0 aliphatic carbocycles. The van der Waals surface area contributed by atoms with Crippen LogP contribution in [-0.4, -0.2) is 51.9 Å². The molecule has 1 atom stereocenters. The van der Waals surface area contributed by atoms with Crippen molar-refractivity contribution in [1.29, 1.82) is 5.26 Å². The summed E-state index contributed by atoms with van der Waals surface area (Å²) in [7, 11) is 3.46. The molecule has 220 valence electrons. The number of amides is 2. The van der Waals surface area contributed by atoms with E-state index in [2.05, 4.69) is 10.9 Å². The van der Waals surface area contributed by atoms with E-state index in [1.807, 2.05) is 6.07 Å². The van der Waals surface area contributed by atoms with Crippen LogP contribution < -0.4 is 26.2 Å². The quantitative estimate of drug-likeness (QED) is 0.242. The second-order valence-electron chi connectivity index (χ2n) is 8.54. The number of hydrogen-bond donors (Lipinski definition) is 3. The van der Waals surface area contributed by atoms with E-state index < -0.39 is 35.6 Å². The van der Waals surface area contributed by atoms with E-state index in [1.165, 1.54) is 20.1 Å². The summed E-state index contributed by atoms with van der Waals surface area (Å²) < 4.78 is 20.4. The van der Waals surface area contributed by atoms with E-state index in [1.54, 1.807) is 37.3 Å². The lowest BCUT2D eigenvalue weighted by atomic mass is 9.80. The smallest absolute Gasteiger partial charge is 0.426 e. The lowest BCUT2D eigenvalue weighted by Crippen LogP contribution is -2.44. The first kappa shape index (κ1) is 31.3. The number of carbonyl (C=O) groups excluding carboxylic acids is 4. The van der Waals surface area contributed by atoms with Gasteiger partial charge >= 0.3 is 18.0 Å². The van der Waals surface area contributed by atoms with Gasteiger partial charge in [-0.2, -0.15) is 5.26 Å². The Bertz CT molecular complexity index is 1530. The fourth-order valence-electron chi connectivity index (χ4n) is 4.45. The Labute approximate surface area is 246 Å². The SMILES string of the molecule is CCOC(=O)NNC(=O)c1c(C)c(Cl)cc(OC)c1N1C(N)=C(C#N)C(c2ccccc2)C(C(=O)OC)=C1C(=O)OC. The van der Waals surface area contributed by atoms with Gasteiger partial charge in [-0.15, -0.1) is 0 Å². The van der Waals surface area contributed by atoms with Crippen molar-refractivity contribution in [2.45, 2.75) is 19.8 Å². The number of esters is 2. The summed E-state index contributed by atoms with van der Waals surface area (Å²) in [5, 5.41) is 10.4. The Hall–Kier alpha value is -5.22. The summed E-state index contributed by atoms with van der Waals surface area (Å²) >= 11 is 6.42. The zero-order chi connectivity index (χ0) is 31.1. The number of methoxy groups -OCH3 is 3. The molecule has 0 aromatic heterocycles. The summed E-state index contributed by atoms with van der Waals surface area (Å²) in [4.78, 5) is 53.3. The van der Waals surface area contributed by atoms with Crippen LogP contribution in [0.1, 0.15) is 34.3 Å². The van der Waals surface area contributed by atoms with Gasteiger partial charge in [-0.05, 0) is 25.0 Å². The van der Waals surface area contributed by atoms with E-state index in [0.29, 0.717) is 5.56 Å². The van der Waals surface area contributed by atoms with E-state index in [4.69, 9.17) is 36.3 Å². The largest absolute Gasteiger partial charge is 0.494 e. The number of nitrogens with one attached hydrogen (secondary N) is 2. The Morgan fingerprint density at radius 3 is 2.26 bits per heavy atom. The number of hydrazine groups is 1. The minimum Gasteiger partial charge on any atom is -0.494 e. The van der Waals surface area contributed by atoms with Crippen LogP contribution in [0.3, 0.4) is 0 Å². The van der Waals surface area contributed by atoms with Gasteiger partial charge in [0, 0.05) is 11.1 Å². The minimum atomic E-state index is -1.14. The standard InChI is InChI=1S/C28H28ClN5O8/c1-6-42-28(38)33-32-25(35)19-14(2)17(29)12-18(39-3)22(19)34-23(27(37)41-5)21(26(36)40-4)20(16(13-30)24(34)31)15-10-8-7-9-11-15/h7-12,20H,6,31H2,1-5H3,(H,32,35)(H,33,38). The Balaban J connectivity index is 2.47. The van der Waals surface area contributed by atoms with Crippen LogP contribution in [0, 0.1) is 18.3 Å². The predicted octanol–water partition coefficient (Wildman–Crippen LogP) is 2.95. The highest BCUT2D eigenvalue weighted by molar-refractivity contribution is 6.32. The molecule has 2 amide bonds. The normalized spacial score (nSPS) is 14.5. The first-order chi connectivity index (χ1) is 20.1. The molecule has 1 unspecified atom stereocenters. The van der Waals surface area contributed by atoms with Crippen molar-refractivity contribution in [2.75, 3.05) is 32.8 Å². The average molecular weight is 598 g/mol. The Kier molecular flexibility index (Phi) is 10.0. The highest BCUT2D eigenvalue weighted by atomic mass is 35.5. The molecule has 1 aliphatic heterocycles. The Morgan fingerprint density at radius 1 is 1.07 bits per heavy atom. The molecule has 2 aromatic carbocycles. The van der Waals surface area contributed by atoms with Crippen molar-refractivity contribution in [3.63, 3.8) is 0 Å². The molecule has 0 saturated carbocycles. The topological polar surface area (TPSA) is 182 Å². The fraction of sp³-hybridized carbons (Fsp3) is 0.250. The molecule has 1 heterocycles.